The van der Waals surface area contributed by atoms with Crippen molar-refractivity contribution in [2.24, 2.45) is 11.8 Å². The Labute approximate surface area is 186 Å². The van der Waals surface area contributed by atoms with Crippen LogP contribution in [0, 0.1) is 11.8 Å². The average Bonchev–Trinajstić information content (AvgIpc) is 3.14. The highest BCUT2D eigenvalue weighted by atomic mass is 19.4. The molecule has 3 fully saturated rings. The summed E-state index contributed by atoms with van der Waals surface area (Å²) in [5, 5.41) is 0. The molecule has 0 bridgehead atoms. The molecule has 1 aromatic carbocycles. The van der Waals surface area contributed by atoms with Gasteiger partial charge in [0.2, 0.25) is 11.8 Å². The van der Waals surface area contributed by atoms with Crippen LogP contribution in [0.5, 0.6) is 0 Å². The largest absolute Gasteiger partial charge is 0.416 e. The van der Waals surface area contributed by atoms with Crippen LogP contribution in [0.4, 0.5) is 13.2 Å². The van der Waals surface area contributed by atoms with Gasteiger partial charge in [-0.2, -0.15) is 13.2 Å². The maximum absolute atomic E-state index is 12.8. The van der Waals surface area contributed by atoms with E-state index in [0.717, 1.165) is 24.1 Å². The molecule has 5 nitrogen and oxygen atoms in total. The van der Waals surface area contributed by atoms with Gasteiger partial charge >= 0.3 is 6.18 Å². The van der Waals surface area contributed by atoms with E-state index in [9.17, 15) is 22.8 Å². The molecule has 8 heteroatoms. The number of amides is 2. The second kappa shape index (κ2) is 8.69. The molecular formula is C24H31F3N2O3. The van der Waals surface area contributed by atoms with Crippen molar-refractivity contribution in [3.05, 3.63) is 35.4 Å². The van der Waals surface area contributed by atoms with Gasteiger partial charge in [-0.3, -0.25) is 9.59 Å². The zero-order valence-electron chi connectivity index (χ0n) is 18.7. The third-order valence-electron chi connectivity index (χ3n) is 7.30. The first-order valence-electron chi connectivity index (χ1n) is 11.5. The molecule has 1 aromatic rings. The van der Waals surface area contributed by atoms with Crippen LogP contribution >= 0.6 is 0 Å². The van der Waals surface area contributed by atoms with Crippen LogP contribution in [0.25, 0.3) is 0 Å². The van der Waals surface area contributed by atoms with Gasteiger partial charge in [0.05, 0.1) is 18.2 Å². The maximum atomic E-state index is 12.8. The molecule has 2 amide bonds. The van der Waals surface area contributed by atoms with E-state index in [0.29, 0.717) is 57.7 Å². The van der Waals surface area contributed by atoms with Crippen molar-refractivity contribution in [2.75, 3.05) is 19.7 Å². The lowest BCUT2D eigenvalue weighted by Gasteiger charge is -2.53. The summed E-state index contributed by atoms with van der Waals surface area (Å²) >= 11 is 0. The van der Waals surface area contributed by atoms with Crippen molar-refractivity contribution in [2.45, 2.75) is 70.3 Å². The first-order valence-corrected chi connectivity index (χ1v) is 11.5. The van der Waals surface area contributed by atoms with Gasteiger partial charge in [0, 0.05) is 38.3 Å². The molecule has 0 radical (unpaired) electrons. The normalized spacial score (nSPS) is 28.1. The van der Waals surface area contributed by atoms with E-state index in [1.54, 1.807) is 0 Å². The number of carbonyl (C=O) groups excluding carboxylic acids is 2. The van der Waals surface area contributed by atoms with Gasteiger partial charge in [-0.25, -0.2) is 0 Å². The number of alkyl halides is 3. The molecule has 0 unspecified atom stereocenters. The lowest BCUT2D eigenvalue weighted by atomic mass is 9.79. The zero-order chi connectivity index (χ0) is 23.1. The van der Waals surface area contributed by atoms with E-state index in [-0.39, 0.29) is 23.8 Å². The van der Waals surface area contributed by atoms with Crippen molar-refractivity contribution >= 4 is 11.8 Å². The summed E-state index contributed by atoms with van der Waals surface area (Å²) < 4.78 is 44.3. The van der Waals surface area contributed by atoms with E-state index in [1.807, 2.05) is 9.80 Å². The summed E-state index contributed by atoms with van der Waals surface area (Å²) in [4.78, 5) is 29.4. The van der Waals surface area contributed by atoms with Gasteiger partial charge < -0.3 is 14.5 Å². The van der Waals surface area contributed by atoms with Gasteiger partial charge in [0.25, 0.3) is 0 Å². The van der Waals surface area contributed by atoms with E-state index >= 15 is 0 Å². The van der Waals surface area contributed by atoms with Crippen molar-refractivity contribution in [3.63, 3.8) is 0 Å². The standard InChI is InChI=1S/C24H31F3N2O3/c1-16(2)20-15-32-23-12-13-28(14-19(23)10-11-22(31)29(20)23)21(30)5-3-4-17-6-8-18(9-7-17)24(25,26)27/h6-9,16,19-20H,3-5,10-15H2,1-2H3/t19-,20-,23-/m1/s1. The number of hydrogen-bond donors (Lipinski definition) is 0. The Morgan fingerprint density at radius 3 is 2.62 bits per heavy atom. The molecule has 3 atom stereocenters. The van der Waals surface area contributed by atoms with Crippen LogP contribution in [-0.2, 0) is 26.9 Å². The molecule has 32 heavy (non-hydrogen) atoms. The van der Waals surface area contributed by atoms with Crippen molar-refractivity contribution in [1.82, 2.24) is 9.80 Å². The number of nitrogens with zero attached hydrogens (tertiary/aromatic N) is 2. The molecule has 176 valence electrons. The molecule has 3 aliphatic heterocycles. The topological polar surface area (TPSA) is 49.9 Å². The Morgan fingerprint density at radius 2 is 1.97 bits per heavy atom. The molecule has 0 aliphatic carbocycles. The smallest absolute Gasteiger partial charge is 0.353 e. The fraction of sp³-hybridized carbons (Fsp3) is 0.667. The Morgan fingerprint density at radius 1 is 1.25 bits per heavy atom. The number of piperidine rings is 2. The second-order valence-corrected chi connectivity index (χ2v) is 9.60. The second-order valence-electron chi connectivity index (χ2n) is 9.60. The minimum absolute atomic E-state index is 0.0635. The number of ether oxygens (including phenoxy) is 1. The third-order valence-corrected chi connectivity index (χ3v) is 7.30. The number of rotatable bonds is 5. The summed E-state index contributed by atoms with van der Waals surface area (Å²) in [6.45, 7) is 5.93. The maximum Gasteiger partial charge on any atom is 0.416 e. The SMILES string of the molecule is CC(C)[C@H]1CO[C@]23CCN(C(=O)CCCc4ccc(C(F)(F)F)cc4)C[C@H]2CCC(=O)N13. The molecule has 0 aromatic heterocycles. The third kappa shape index (κ3) is 4.26. The van der Waals surface area contributed by atoms with E-state index in [2.05, 4.69) is 13.8 Å². The number of carbonyl (C=O) groups is 2. The Balaban J connectivity index is 1.32. The van der Waals surface area contributed by atoms with Crippen molar-refractivity contribution in [3.8, 4) is 0 Å². The lowest BCUT2D eigenvalue weighted by molar-refractivity contribution is -0.193. The number of halogens is 3. The first kappa shape index (κ1) is 23.1. The predicted octanol–water partition coefficient (Wildman–Crippen LogP) is 4.25. The van der Waals surface area contributed by atoms with Crippen LogP contribution < -0.4 is 0 Å². The fourth-order valence-corrected chi connectivity index (χ4v) is 5.47. The minimum Gasteiger partial charge on any atom is -0.353 e. The summed E-state index contributed by atoms with van der Waals surface area (Å²) in [5.74, 6) is 0.667. The van der Waals surface area contributed by atoms with E-state index in [4.69, 9.17) is 4.74 Å². The van der Waals surface area contributed by atoms with Gasteiger partial charge in [0.15, 0.2) is 0 Å². The highest BCUT2D eigenvalue weighted by Crippen LogP contribution is 2.47. The minimum atomic E-state index is -4.34. The summed E-state index contributed by atoms with van der Waals surface area (Å²) in [6.07, 6.45) is -0.961. The Bertz CT molecular complexity index is 855. The highest BCUT2D eigenvalue weighted by Gasteiger charge is 2.59. The van der Waals surface area contributed by atoms with Crippen LogP contribution in [0.3, 0.4) is 0 Å². The van der Waals surface area contributed by atoms with Gasteiger partial charge in [0.1, 0.15) is 5.72 Å². The molecule has 3 saturated heterocycles. The molecule has 3 heterocycles. The highest BCUT2D eigenvalue weighted by molar-refractivity contribution is 5.79. The molecule has 0 saturated carbocycles. The average molecular weight is 453 g/mol. The fourth-order valence-electron chi connectivity index (χ4n) is 5.47. The molecule has 3 aliphatic rings. The van der Waals surface area contributed by atoms with Gasteiger partial charge in [-0.1, -0.05) is 26.0 Å². The van der Waals surface area contributed by atoms with Crippen molar-refractivity contribution < 1.29 is 27.5 Å². The predicted molar refractivity (Wildman–Crippen MR) is 112 cm³/mol. The monoisotopic (exact) mass is 452 g/mol. The van der Waals surface area contributed by atoms with Crippen LogP contribution in [0.2, 0.25) is 0 Å². The van der Waals surface area contributed by atoms with E-state index < -0.39 is 17.5 Å². The van der Waals surface area contributed by atoms with Crippen LogP contribution in [-0.4, -0.2) is 53.1 Å². The summed E-state index contributed by atoms with van der Waals surface area (Å²) in [7, 11) is 0. The van der Waals surface area contributed by atoms with Crippen molar-refractivity contribution in [1.29, 1.82) is 0 Å². The lowest BCUT2D eigenvalue weighted by Crippen LogP contribution is -2.65. The molecular weight excluding hydrogens is 421 g/mol. The summed E-state index contributed by atoms with van der Waals surface area (Å²) in [6, 6.07) is 5.23. The van der Waals surface area contributed by atoms with Crippen LogP contribution in [0.1, 0.15) is 57.1 Å². The zero-order valence-corrected chi connectivity index (χ0v) is 18.7. The Kier molecular flexibility index (Phi) is 6.27. The number of hydrogen-bond acceptors (Lipinski definition) is 3. The van der Waals surface area contributed by atoms with Gasteiger partial charge in [-0.05, 0) is 42.9 Å². The van der Waals surface area contributed by atoms with Crippen LogP contribution in [0.15, 0.2) is 24.3 Å². The Hall–Kier alpha value is -2.09. The quantitative estimate of drug-likeness (QED) is 0.671. The number of benzene rings is 1. The molecule has 4 rings (SSSR count). The van der Waals surface area contributed by atoms with Gasteiger partial charge in [-0.15, -0.1) is 0 Å². The summed E-state index contributed by atoms with van der Waals surface area (Å²) in [5.41, 5.74) is -0.432. The van der Waals surface area contributed by atoms with E-state index in [1.165, 1.54) is 12.1 Å². The molecule has 0 N–H and O–H groups in total. The number of aryl methyl sites for hydroxylation is 1. The number of likely N-dealkylation sites (tertiary alicyclic amines) is 1. The first-order chi connectivity index (χ1) is 15.1. The molecule has 1 spiro atoms.